The molecule has 4 rings (SSSR count). The lowest BCUT2D eigenvalue weighted by molar-refractivity contribution is -0.137. The zero-order valence-corrected chi connectivity index (χ0v) is 18.2. The van der Waals surface area contributed by atoms with Crippen molar-refractivity contribution in [3.05, 3.63) is 71.2 Å². The van der Waals surface area contributed by atoms with E-state index in [1.54, 1.807) is 30.0 Å². The van der Waals surface area contributed by atoms with Crippen molar-refractivity contribution < 1.29 is 27.3 Å². The van der Waals surface area contributed by atoms with Crippen LogP contribution in [0.1, 0.15) is 45.0 Å². The first kappa shape index (κ1) is 23.3. The van der Waals surface area contributed by atoms with Gasteiger partial charge in [0.25, 0.3) is 11.8 Å². The summed E-state index contributed by atoms with van der Waals surface area (Å²) in [4.78, 5) is 31.2. The summed E-state index contributed by atoms with van der Waals surface area (Å²) < 4.78 is 44.0. The second-order valence-corrected chi connectivity index (χ2v) is 7.97. The van der Waals surface area contributed by atoms with Crippen LogP contribution < -0.4 is 10.6 Å². The first-order chi connectivity index (χ1) is 16.2. The average Bonchev–Trinajstić information content (AvgIpc) is 3.26. The topological polar surface area (TPSA) is 100 Å². The van der Waals surface area contributed by atoms with Crippen LogP contribution in [0.2, 0.25) is 0 Å². The Labute approximate surface area is 193 Å². The summed E-state index contributed by atoms with van der Waals surface area (Å²) >= 11 is 0. The monoisotopic (exact) mass is 473 g/mol. The maximum absolute atomic E-state index is 13.1. The van der Waals surface area contributed by atoms with Gasteiger partial charge in [0.15, 0.2) is 5.69 Å². The lowest BCUT2D eigenvalue weighted by atomic mass is 10.0. The number of piperidine rings is 1. The predicted octanol–water partition coefficient (Wildman–Crippen LogP) is 4.18. The van der Waals surface area contributed by atoms with Crippen molar-refractivity contribution in [2.24, 2.45) is 0 Å². The number of hydrogen-bond acceptors (Lipinski definition) is 6. The number of nitrogens with one attached hydrogen (secondary N) is 2. The van der Waals surface area contributed by atoms with E-state index >= 15 is 0 Å². The summed E-state index contributed by atoms with van der Waals surface area (Å²) in [7, 11) is 0. The number of alkyl halides is 3. The number of carbonyl (C=O) groups excluding carboxylic acids is 2. The Kier molecular flexibility index (Phi) is 6.53. The van der Waals surface area contributed by atoms with Crippen LogP contribution >= 0.6 is 0 Å². The van der Waals surface area contributed by atoms with Crippen LogP contribution in [-0.2, 0) is 6.18 Å². The molecule has 3 aromatic rings. The van der Waals surface area contributed by atoms with E-state index in [1.165, 1.54) is 18.3 Å². The highest BCUT2D eigenvalue weighted by atomic mass is 19.4. The molecule has 3 heterocycles. The number of rotatable bonds is 5. The maximum atomic E-state index is 13.1. The number of pyridine rings is 1. The SMILES string of the molecule is Cc1cc(C(=O)NC2CCN(C(=O)c3cccnc3Nc3cccc(C(F)(F)F)c3)CC2)no1. The summed E-state index contributed by atoms with van der Waals surface area (Å²) in [6, 6.07) is 9.30. The van der Waals surface area contributed by atoms with E-state index in [0.717, 1.165) is 12.1 Å². The number of carbonyl (C=O) groups is 2. The van der Waals surface area contributed by atoms with Crippen molar-refractivity contribution >= 4 is 23.3 Å². The lowest BCUT2D eigenvalue weighted by Gasteiger charge is -2.32. The minimum absolute atomic E-state index is 0.120. The van der Waals surface area contributed by atoms with Gasteiger partial charge in [0.2, 0.25) is 0 Å². The third-order valence-electron chi connectivity index (χ3n) is 5.47. The molecule has 1 aliphatic heterocycles. The molecule has 0 bridgehead atoms. The third-order valence-corrected chi connectivity index (χ3v) is 5.47. The number of aryl methyl sites for hydroxylation is 1. The molecule has 1 aliphatic rings. The van der Waals surface area contributed by atoms with E-state index in [1.807, 2.05) is 0 Å². The molecule has 0 unspecified atom stereocenters. The number of benzene rings is 1. The molecule has 1 saturated heterocycles. The molecular formula is C23H22F3N5O3. The van der Waals surface area contributed by atoms with Gasteiger partial charge < -0.3 is 20.1 Å². The van der Waals surface area contributed by atoms with Crippen molar-refractivity contribution in [3.63, 3.8) is 0 Å². The van der Waals surface area contributed by atoms with Crippen LogP contribution in [0.4, 0.5) is 24.7 Å². The molecule has 0 radical (unpaired) electrons. The Hall–Kier alpha value is -3.89. The minimum Gasteiger partial charge on any atom is -0.361 e. The highest BCUT2D eigenvalue weighted by Crippen LogP contribution is 2.31. The number of likely N-dealkylation sites (tertiary alicyclic amines) is 1. The van der Waals surface area contributed by atoms with Gasteiger partial charge in [-0.25, -0.2) is 4.98 Å². The summed E-state index contributed by atoms with van der Waals surface area (Å²) in [5.74, 6) is 0.0844. The molecule has 1 fully saturated rings. The number of halogens is 3. The Morgan fingerprint density at radius 3 is 2.56 bits per heavy atom. The van der Waals surface area contributed by atoms with Gasteiger partial charge in [0, 0.05) is 37.1 Å². The van der Waals surface area contributed by atoms with Crippen molar-refractivity contribution in [2.45, 2.75) is 32.0 Å². The maximum Gasteiger partial charge on any atom is 0.416 e. The zero-order valence-electron chi connectivity index (χ0n) is 18.2. The van der Waals surface area contributed by atoms with E-state index in [4.69, 9.17) is 4.52 Å². The normalized spacial score (nSPS) is 14.6. The molecular weight excluding hydrogens is 451 g/mol. The second kappa shape index (κ2) is 9.54. The molecule has 0 spiro atoms. The van der Waals surface area contributed by atoms with E-state index in [-0.39, 0.29) is 40.6 Å². The van der Waals surface area contributed by atoms with Crippen molar-refractivity contribution in [2.75, 3.05) is 18.4 Å². The van der Waals surface area contributed by atoms with Crippen molar-refractivity contribution in [1.82, 2.24) is 20.4 Å². The Balaban J connectivity index is 1.40. The molecule has 2 N–H and O–H groups in total. The number of amides is 2. The highest BCUT2D eigenvalue weighted by molar-refractivity contribution is 5.99. The smallest absolute Gasteiger partial charge is 0.361 e. The summed E-state index contributed by atoms with van der Waals surface area (Å²) in [6.45, 7) is 2.50. The molecule has 2 amide bonds. The van der Waals surface area contributed by atoms with E-state index in [9.17, 15) is 22.8 Å². The van der Waals surface area contributed by atoms with Gasteiger partial charge in [0.1, 0.15) is 11.6 Å². The summed E-state index contributed by atoms with van der Waals surface area (Å²) in [6.07, 6.45) is -1.93. The Morgan fingerprint density at radius 2 is 1.88 bits per heavy atom. The van der Waals surface area contributed by atoms with Crippen LogP contribution in [0, 0.1) is 6.92 Å². The van der Waals surface area contributed by atoms with Gasteiger partial charge in [0.05, 0.1) is 11.1 Å². The highest BCUT2D eigenvalue weighted by Gasteiger charge is 2.31. The quantitative estimate of drug-likeness (QED) is 0.577. The van der Waals surface area contributed by atoms with Crippen LogP contribution in [0.3, 0.4) is 0 Å². The molecule has 178 valence electrons. The molecule has 34 heavy (non-hydrogen) atoms. The molecule has 8 nitrogen and oxygen atoms in total. The number of aromatic nitrogens is 2. The number of anilines is 2. The van der Waals surface area contributed by atoms with Gasteiger partial charge in [-0.1, -0.05) is 11.2 Å². The third kappa shape index (κ3) is 5.36. The summed E-state index contributed by atoms with van der Waals surface area (Å²) in [5, 5.41) is 9.42. The second-order valence-electron chi connectivity index (χ2n) is 7.97. The van der Waals surface area contributed by atoms with Gasteiger partial charge in [-0.3, -0.25) is 9.59 Å². The van der Waals surface area contributed by atoms with Gasteiger partial charge >= 0.3 is 6.18 Å². The van der Waals surface area contributed by atoms with E-state index in [2.05, 4.69) is 20.8 Å². The van der Waals surface area contributed by atoms with Gasteiger partial charge in [-0.2, -0.15) is 13.2 Å². The number of hydrogen-bond donors (Lipinski definition) is 2. The van der Waals surface area contributed by atoms with Crippen LogP contribution in [0.15, 0.2) is 53.2 Å². The fourth-order valence-corrected chi connectivity index (χ4v) is 3.72. The van der Waals surface area contributed by atoms with E-state index in [0.29, 0.717) is 31.7 Å². The van der Waals surface area contributed by atoms with Crippen molar-refractivity contribution in [1.29, 1.82) is 0 Å². The predicted molar refractivity (Wildman–Crippen MR) is 117 cm³/mol. The zero-order chi connectivity index (χ0) is 24.3. The van der Waals surface area contributed by atoms with Crippen molar-refractivity contribution in [3.8, 4) is 0 Å². The van der Waals surface area contributed by atoms with Crippen LogP contribution in [-0.4, -0.2) is 46.0 Å². The summed E-state index contributed by atoms with van der Waals surface area (Å²) in [5.41, 5.74) is -0.171. The molecule has 1 aromatic carbocycles. The standard InChI is InChI=1S/C23H22F3N5O3/c1-14-12-19(30-34-14)21(32)29-16-7-10-31(11-8-16)22(33)18-6-3-9-27-20(18)28-17-5-2-4-15(13-17)23(24,25)26/h2-6,9,12-13,16H,7-8,10-11H2,1H3,(H,27,28)(H,29,32). The Bertz CT molecular complexity index is 1190. The molecule has 11 heteroatoms. The van der Waals surface area contributed by atoms with Gasteiger partial charge in [-0.15, -0.1) is 0 Å². The lowest BCUT2D eigenvalue weighted by Crippen LogP contribution is -2.46. The molecule has 0 atom stereocenters. The Morgan fingerprint density at radius 1 is 1.12 bits per heavy atom. The van der Waals surface area contributed by atoms with E-state index < -0.39 is 11.7 Å². The fraction of sp³-hybridized carbons (Fsp3) is 0.304. The number of nitrogens with zero attached hydrogens (tertiary/aromatic N) is 3. The van der Waals surface area contributed by atoms with Gasteiger partial charge in [-0.05, 0) is 50.1 Å². The molecule has 0 saturated carbocycles. The molecule has 2 aromatic heterocycles. The average molecular weight is 473 g/mol. The molecule has 0 aliphatic carbocycles. The fourth-order valence-electron chi connectivity index (χ4n) is 3.72. The largest absolute Gasteiger partial charge is 0.416 e. The van der Waals surface area contributed by atoms with Crippen LogP contribution in [0.25, 0.3) is 0 Å². The first-order valence-corrected chi connectivity index (χ1v) is 10.6. The van der Waals surface area contributed by atoms with Crippen LogP contribution in [0.5, 0.6) is 0 Å². The first-order valence-electron chi connectivity index (χ1n) is 10.6. The minimum atomic E-state index is -4.48.